The quantitative estimate of drug-likeness (QED) is 0.904. The highest BCUT2D eigenvalue weighted by atomic mass is 16.5. The van der Waals surface area contributed by atoms with E-state index in [0.29, 0.717) is 13.2 Å². The third-order valence-corrected chi connectivity index (χ3v) is 3.39. The molecule has 1 aliphatic rings. The molecule has 1 N–H and O–H groups in total. The van der Waals surface area contributed by atoms with Crippen molar-refractivity contribution in [1.29, 1.82) is 0 Å². The van der Waals surface area contributed by atoms with Gasteiger partial charge >= 0.3 is 0 Å². The van der Waals surface area contributed by atoms with E-state index in [9.17, 15) is 5.11 Å². The lowest BCUT2D eigenvalue weighted by Crippen LogP contribution is -2.39. The van der Waals surface area contributed by atoms with Gasteiger partial charge in [-0.3, -0.25) is 4.90 Å². The summed E-state index contributed by atoms with van der Waals surface area (Å²) in [5.74, 6) is 0. The zero-order valence-corrected chi connectivity index (χ0v) is 12.2. The van der Waals surface area contributed by atoms with Gasteiger partial charge in [-0.2, -0.15) is 0 Å². The fraction of sp³-hybridized carbons (Fsp3) is 0.625. The smallest absolute Gasteiger partial charge is 0.0900 e. The third-order valence-electron chi connectivity index (χ3n) is 3.39. The molecule has 0 spiro atoms. The molecule has 0 saturated carbocycles. The number of hydrogen-bond acceptors (Lipinski definition) is 3. The molecule has 3 nitrogen and oxygen atoms in total. The standard InChI is InChI=1S/C16H25NO2/c1-16(2,3)19-12-15(18)11-17-9-8-13-6-4-5-7-14(13)10-17/h4-7,15,18H,8-12H2,1-3H3/t15-/m1/s1. The van der Waals surface area contributed by atoms with Crippen LogP contribution in [0.1, 0.15) is 31.9 Å². The molecule has 0 saturated heterocycles. The highest BCUT2D eigenvalue weighted by molar-refractivity contribution is 5.29. The highest BCUT2D eigenvalue weighted by Gasteiger charge is 2.20. The molecule has 2 rings (SSSR count). The molecule has 0 aliphatic carbocycles. The van der Waals surface area contributed by atoms with Crippen molar-refractivity contribution in [2.45, 2.75) is 45.4 Å². The first-order valence-electron chi connectivity index (χ1n) is 7.05. The van der Waals surface area contributed by atoms with Crippen LogP contribution in [0.4, 0.5) is 0 Å². The number of β-amino-alcohol motifs (C(OH)–C–C–N with tert-alkyl or cyclic N) is 1. The number of ether oxygens (including phenoxy) is 1. The molecule has 0 amide bonds. The number of nitrogens with zero attached hydrogens (tertiary/aromatic N) is 1. The topological polar surface area (TPSA) is 32.7 Å². The lowest BCUT2D eigenvalue weighted by molar-refractivity contribution is -0.0569. The van der Waals surface area contributed by atoms with E-state index >= 15 is 0 Å². The zero-order chi connectivity index (χ0) is 13.9. The van der Waals surface area contributed by atoms with E-state index < -0.39 is 6.10 Å². The summed E-state index contributed by atoms with van der Waals surface area (Å²) >= 11 is 0. The predicted octanol–water partition coefficient (Wildman–Crippen LogP) is 2.22. The molecule has 19 heavy (non-hydrogen) atoms. The van der Waals surface area contributed by atoms with Crippen molar-refractivity contribution < 1.29 is 9.84 Å². The van der Waals surface area contributed by atoms with E-state index in [4.69, 9.17) is 4.74 Å². The van der Waals surface area contributed by atoms with Crippen LogP contribution in [0.3, 0.4) is 0 Å². The molecule has 106 valence electrons. The summed E-state index contributed by atoms with van der Waals surface area (Å²) in [6, 6.07) is 8.56. The Kier molecular flexibility index (Phi) is 4.61. The Balaban J connectivity index is 1.82. The maximum Gasteiger partial charge on any atom is 0.0900 e. The van der Waals surface area contributed by atoms with Gasteiger partial charge in [-0.05, 0) is 38.3 Å². The molecule has 3 heteroatoms. The van der Waals surface area contributed by atoms with Crippen LogP contribution in [-0.2, 0) is 17.7 Å². The number of aliphatic hydroxyl groups is 1. The van der Waals surface area contributed by atoms with Crippen molar-refractivity contribution in [1.82, 2.24) is 4.90 Å². The van der Waals surface area contributed by atoms with Crippen molar-refractivity contribution in [3.05, 3.63) is 35.4 Å². The fourth-order valence-corrected chi connectivity index (χ4v) is 2.41. The number of aliphatic hydroxyl groups excluding tert-OH is 1. The normalized spacial score (nSPS) is 18.1. The molecule has 0 unspecified atom stereocenters. The van der Waals surface area contributed by atoms with Crippen LogP contribution in [0.5, 0.6) is 0 Å². The van der Waals surface area contributed by atoms with Crippen molar-refractivity contribution in [2.75, 3.05) is 19.7 Å². The maximum absolute atomic E-state index is 10.0. The summed E-state index contributed by atoms with van der Waals surface area (Å²) in [6.45, 7) is 9.07. The van der Waals surface area contributed by atoms with Gasteiger partial charge in [0.1, 0.15) is 0 Å². The van der Waals surface area contributed by atoms with Gasteiger partial charge in [0.05, 0.1) is 18.3 Å². The van der Waals surface area contributed by atoms with Gasteiger partial charge in [-0.15, -0.1) is 0 Å². The van der Waals surface area contributed by atoms with Gasteiger partial charge in [0.15, 0.2) is 0 Å². The molecule has 0 aromatic heterocycles. The van der Waals surface area contributed by atoms with Gasteiger partial charge in [-0.25, -0.2) is 0 Å². The highest BCUT2D eigenvalue weighted by Crippen LogP contribution is 2.18. The first kappa shape index (κ1) is 14.5. The summed E-state index contributed by atoms with van der Waals surface area (Å²) in [6.07, 6.45) is 0.660. The molecular formula is C16H25NO2. The van der Waals surface area contributed by atoms with Crippen molar-refractivity contribution in [3.63, 3.8) is 0 Å². The third kappa shape index (κ3) is 4.60. The van der Waals surface area contributed by atoms with E-state index in [0.717, 1.165) is 19.5 Å². The van der Waals surface area contributed by atoms with Crippen molar-refractivity contribution >= 4 is 0 Å². The minimum Gasteiger partial charge on any atom is -0.389 e. The van der Waals surface area contributed by atoms with E-state index in [1.165, 1.54) is 11.1 Å². The molecule has 0 bridgehead atoms. The molecule has 0 fully saturated rings. The average Bonchev–Trinajstić information content (AvgIpc) is 2.35. The van der Waals surface area contributed by atoms with Gasteiger partial charge in [0, 0.05) is 19.6 Å². The van der Waals surface area contributed by atoms with E-state index in [1.807, 2.05) is 20.8 Å². The molecule has 1 atom stereocenters. The van der Waals surface area contributed by atoms with Crippen LogP contribution < -0.4 is 0 Å². The van der Waals surface area contributed by atoms with Gasteiger partial charge in [0.25, 0.3) is 0 Å². The van der Waals surface area contributed by atoms with Crippen LogP contribution in [-0.4, -0.2) is 41.4 Å². The minimum absolute atomic E-state index is 0.185. The largest absolute Gasteiger partial charge is 0.389 e. The molecule has 1 aromatic rings. The summed E-state index contributed by atoms with van der Waals surface area (Å²) in [5, 5.41) is 10.0. The second-order valence-electron chi connectivity index (χ2n) is 6.33. The van der Waals surface area contributed by atoms with Gasteiger partial charge in [0.2, 0.25) is 0 Å². The predicted molar refractivity (Wildman–Crippen MR) is 77.1 cm³/mol. The Morgan fingerprint density at radius 1 is 1.26 bits per heavy atom. The minimum atomic E-state index is -0.413. The van der Waals surface area contributed by atoms with Gasteiger partial charge in [-0.1, -0.05) is 24.3 Å². The Morgan fingerprint density at radius 2 is 1.95 bits per heavy atom. The van der Waals surface area contributed by atoms with E-state index in [2.05, 4.69) is 29.2 Å². The molecule has 1 aromatic carbocycles. The first-order valence-corrected chi connectivity index (χ1v) is 7.05. The van der Waals surface area contributed by atoms with Crippen LogP contribution >= 0.6 is 0 Å². The lowest BCUT2D eigenvalue weighted by Gasteiger charge is -2.31. The summed E-state index contributed by atoms with van der Waals surface area (Å²) < 4.78 is 5.63. The number of hydrogen-bond donors (Lipinski definition) is 1. The molecule has 1 aliphatic heterocycles. The second-order valence-corrected chi connectivity index (χ2v) is 6.33. The first-order chi connectivity index (χ1) is 8.94. The Labute approximate surface area is 116 Å². The zero-order valence-electron chi connectivity index (χ0n) is 12.2. The Morgan fingerprint density at radius 3 is 2.63 bits per heavy atom. The SMILES string of the molecule is CC(C)(C)OC[C@H](O)CN1CCc2ccccc2C1. The number of benzene rings is 1. The Bertz CT molecular complexity index is 411. The fourth-order valence-electron chi connectivity index (χ4n) is 2.41. The van der Waals surface area contributed by atoms with E-state index in [1.54, 1.807) is 0 Å². The number of fused-ring (bicyclic) bond motifs is 1. The summed E-state index contributed by atoms with van der Waals surface area (Å²) in [7, 11) is 0. The monoisotopic (exact) mass is 263 g/mol. The maximum atomic E-state index is 10.0. The molecular weight excluding hydrogens is 238 g/mol. The average molecular weight is 263 g/mol. The van der Waals surface area contributed by atoms with Crippen LogP contribution in [0.25, 0.3) is 0 Å². The van der Waals surface area contributed by atoms with Crippen LogP contribution in [0, 0.1) is 0 Å². The van der Waals surface area contributed by atoms with Crippen LogP contribution in [0.15, 0.2) is 24.3 Å². The summed E-state index contributed by atoms with van der Waals surface area (Å²) in [4.78, 5) is 2.30. The number of rotatable bonds is 4. The lowest BCUT2D eigenvalue weighted by atomic mass is 10.00. The van der Waals surface area contributed by atoms with E-state index in [-0.39, 0.29) is 5.60 Å². The summed E-state index contributed by atoms with van der Waals surface area (Å²) in [5.41, 5.74) is 2.65. The second kappa shape index (κ2) is 6.04. The van der Waals surface area contributed by atoms with Crippen molar-refractivity contribution in [2.24, 2.45) is 0 Å². The Hall–Kier alpha value is -0.900. The van der Waals surface area contributed by atoms with Gasteiger partial charge < -0.3 is 9.84 Å². The van der Waals surface area contributed by atoms with Crippen LogP contribution in [0.2, 0.25) is 0 Å². The van der Waals surface area contributed by atoms with Crippen molar-refractivity contribution in [3.8, 4) is 0 Å². The molecule has 0 radical (unpaired) electrons. The molecule has 1 heterocycles.